The number of hydrogen-bond acceptors (Lipinski definition) is 3. The van der Waals surface area contributed by atoms with Gasteiger partial charge in [0.1, 0.15) is 6.04 Å². The Bertz CT molecular complexity index is 345. The topological polar surface area (TPSA) is 67.2 Å². The van der Waals surface area contributed by atoms with E-state index >= 15 is 0 Å². The molecule has 2 rings (SSSR count). The van der Waals surface area contributed by atoms with Gasteiger partial charge in [-0.2, -0.15) is 0 Å². The molecule has 0 spiro atoms. The molecule has 1 aliphatic heterocycles. The van der Waals surface area contributed by atoms with E-state index in [1.807, 2.05) is 11.6 Å². The number of imidazole rings is 1. The van der Waals surface area contributed by atoms with Crippen LogP contribution in [0.15, 0.2) is 6.33 Å². The first-order valence-electron chi connectivity index (χ1n) is 4.13. The van der Waals surface area contributed by atoms with E-state index < -0.39 is 12.0 Å². The molecule has 0 saturated heterocycles. The minimum Gasteiger partial charge on any atom is -0.480 e. The van der Waals surface area contributed by atoms with Crippen molar-refractivity contribution in [2.75, 3.05) is 0 Å². The lowest BCUT2D eigenvalue weighted by atomic mass is 10.1. The highest BCUT2D eigenvalue weighted by molar-refractivity contribution is 5.74. The van der Waals surface area contributed by atoms with Crippen molar-refractivity contribution in [3.63, 3.8) is 0 Å². The van der Waals surface area contributed by atoms with Gasteiger partial charge in [-0.3, -0.25) is 10.1 Å². The van der Waals surface area contributed by atoms with Crippen molar-refractivity contribution in [2.45, 2.75) is 19.0 Å². The maximum absolute atomic E-state index is 10.7. The zero-order valence-corrected chi connectivity index (χ0v) is 7.32. The van der Waals surface area contributed by atoms with Crippen LogP contribution in [0.5, 0.6) is 0 Å². The summed E-state index contributed by atoms with van der Waals surface area (Å²) in [5.41, 5.74) is 1.98. The molecule has 0 radical (unpaired) electrons. The minimum atomic E-state index is -0.799. The summed E-state index contributed by atoms with van der Waals surface area (Å²) in [6.07, 6.45) is 2.23. The molecule has 13 heavy (non-hydrogen) atoms. The Morgan fingerprint density at radius 3 is 3.31 bits per heavy atom. The first kappa shape index (κ1) is 8.25. The lowest BCUT2D eigenvalue weighted by molar-refractivity contribution is -0.139. The number of aryl methyl sites for hydroxylation is 1. The summed E-state index contributed by atoms with van der Waals surface area (Å²) in [6, 6.07) is -0.470. The highest BCUT2D eigenvalue weighted by Gasteiger charge is 2.25. The molecule has 0 bridgehead atoms. The number of carbonyl (C=O) groups is 1. The van der Waals surface area contributed by atoms with Gasteiger partial charge in [0.2, 0.25) is 0 Å². The van der Waals surface area contributed by atoms with E-state index in [9.17, 15) is 4.79 Å². The molecule has 0 aromatic carbocycles. The molecule has 1 aromatic rings. The van der Waals surface area contributed by atoms with Gasteiger partial charge in [-0.25, -0.2) is 4.98 Å². The van der Waals surface area contributed by atoms with Crippen molar-refractivity contribution in [3.05, 3.63) is 17.7 Å². The number of hydrogen-bond donors (Lipinski definition) is 2. The molecular formula is C8H11N3O2. The first-order valence-corrected chi connectivity index (χ1v) is 4.13. The summed E-state index contributed by atoms with van der Waals surface area (Å²) in [6.45, 7) is 0.549. The largest absolute Gasteiger partial charge is 0.480 e. The summed E-state index contributed by atoms with van der Waals surface area (Å²) in [7, 11) is 1.88. The zero-order chi connectivity index (χ0) is 9.42. The molecule has 70 valence electrons. The van der Waals surface area contributed by atoms with Crippen LogP contribution in [0.4, 0.5) is 0 Å². The van der Waals surface area contributed by atoms with E-state index in [0.29, 0.717) is 13.0 Å². The van der Waals surface area contributed by atoms with Gasteiger partial charge < -0.3 is 9.67 Å². The fourth-order valence-electron chi connectivity index (χ4n) is 1.57. The fraction of sp³-hybridized carbons (Fsp3) is 0.500. The molecule has 1 atom stereocenters. The van der Waals surface area contributed by atoms with E-state index in [1.165, 1.54) is 0 Å². The monoisotopic (exact) mass is 181 g/mol. The van der Waals surface area contributed by atoms with E-state index in [4.69, 9.17) is 5.11 Å². The standard InChI is InChI=1S/C8H11N3O2/c1-11-4-10-6-3-9-5(8(12)13)2-7(6)11/h4-5,9H,2-3H2,1H3,(H,12,13)/t5-/m0/s1. The molecule has 0 aliphatic carbocycles. The molecule has 0 unspecified atom stereocenters. The van der Waals surface area contributed by atoms with Gasteiger partial charge in [0, 0.05) is 25.7 Å². The predicted molar refractivity (Wildman–Crippen MR) is 45.2 cm³/mol. The highest BCUT2D eigenvalue weighted by Crippen LogP contribution is 2.14. The number of carboxylic acids is 1. The third-order valence-corrected chi connectivity index (χ3v) is 2.36. The normalized spacial score (nSPS) is 21.2. The number of aliphatic carboxylic acids is 1. The van der Waals surface area contributed by atoms with Crippen LogP contribution in [0.3, 0.4) is 0 Å². The average molecular weight is 181 g/mol. The quantitative estimate of drug-likeness (QED) is 0.614. The van der Waals surface area contributed by atoms with Gasteiger partial charge in [-0.15, -0.1) is 0 Å². The van der Waals surface area contributed by atoms with Gasteiger partial charge in [-0.1, -0.05) is 0 Å². The predicted octanol–water partition coefficient (Wildman–Crippen LogP) is -0.481. The van der Waals surface area contributed by atoms with Crippen molar-refractivity contribution in [3.8, 4) is 0 Å². The van der Waals surface area contributed by atoms with E-state index in [-0.39, 0.29) is 0 Å². The van der Waals surface area contributed by atoms with Gasteiger partial charge in [0.25, 0.3) is 0 Å². The third-order valence-electron chi connectivity index (χ3n) is 2.36. The second kappa shape index (κ2) is 2.85. The van der Waals surface area contributed by atoms with E-state index in [2.05, 4.69) is 10.3 Å². The van der Waals surface area contributed by atoms with Crippen molar-refractivity contribution in [2.24, 2.45) is 7.05 Å². The van der Waals surface area contributed by atoms with Crippen LogP contribution in [0, 0.1) is 0 Å². The van der Waals surface area contributed by atoms with Crippen LogP contribution in [0.2, 0.25) is 0 Å². The maximum atomic E-state index is 10.7. The Morgan fingerprint density at radius 2 is 2.62 bits per heavy atom. The third kappa shape index (κ3) is 1.31. The van der Waals surface area contributed by atoms with Crippen molar-refractivity contribution < 1.29 is 9.90 Å². The first-order chi connectivity index (χ1) is 6.18. The van der Waals surface area contributed by atoms with Crippen LogP contribution in [0.1, 0.15) is 11.4 Å². The van der Waals surface area contributed by atoms with E-state index in [0.717, 1.165) is 11.4 Å². The summed E-state index contributed by atoms with van der Waals surface area (Å²) >= 11 is 0. The van der Waals surface area contributed by atoms with Gasteiger partial charge in [-0.05, 0) is 0 Å². The lowest BCUT2D eigenvalue weighted by Crippen LogP contribution is -2.42. The Balaban J connectivity index is 2.27. The second-order valence-corrected chi connectivity index (χ2v) is 3.22. The van der Waals surface area contributed by atoms with Crippen molar-refractivity contribution in [1.82, 2.24) is 14.9 Å². The smallest absolute Gasteiger partial charge is 0.321 e. The SMILES string of the molecule is Cn1cnc2c1C[C@@H](C(=O)O)NC2. The van der Waals surface area contributed by atoms with Crippen LogP contribution < -0.4 is 5.32 Å². The molecule has 0 amide bonds. The Hall–Kier alpha value is -1.36. The van der Waals surface area contributed by atoms with E-state index in [1.54, 1.807) is 6.33 Å². The molecule has 0 saturated carbocycles. The van der Waals surface area contributed by atoms with Crippen LogP contribution in [-0.4, -0.2) is 26.7 Å². The molecule has 1 aliphatic rings. The Labute approximate surface area is 75.4 Å². The fourth-order valence-corrected chi connectivity index (χ4v) is 1.57. The van der Waals surface area contributed by atoms with Crippen molar-refractivity contribution >= 4 is 5.97 Å². The van der Waals surface area contributed by atoms with Crippen LogP contribution in [0.25, 0.3) is 0 Å². The number of nitrogens with zero attached hydrogens (tertiary/aromatic N) is 2. The number of aromatic nitrogens is 2. The molecule has 2 N–H and O–H groups in total. The second-order valence-electron chi connectivity index (χ2n) is 3.22. The highest BCUT2D eigenvalue weighted by atomic mass is 16.4. The number of carboxylic acid groups (broad SMARTS) is 1. The number of rotatable bonds is 1. The number of nitrogens with one attached hydrogen (secondary N) is 1. The summed E-state index contributed by atoms with van der Waals surface area (Å²) in [5, 5.41) is 11.7. The molecule has 2 heterocycles. The van der Waals surface area contributed by atoms with Crippen LogP contribution >= 0.6 is 0 Å². The summed E-state index contributed by atoms with van der Waals surface area (Å²) < 4.78 is 1.88. The summed E-state index contributed by atoms with van der Waals surface area (Å²) in [4.78, 5) is 14.9. The molecule has 1 aromatic heterocycles. The summed E-state index contributed by atoms with van der Waals surface area (Å²) in [5.74, 6) is -0.799. The van der Waals surface area contributed by atoms with Gasteiger partial charge in [0.05, 0.1) is 12.0 Å². The maximum Gasteiger partial charge on any atom is 0.321 e. The molecule has 5 heteroatoms. The average Bonchev–Trinajstić information content (AvgIpc) is 2.47. The molecule has 0 fully saturated rings. The Morgan fingerprint density at radius 1 is 1.85 bits per heavy atom. The Kier molecular flexibility index (Phi) is 1.81. The van der Waals surface area contributed by atoms with Gasteiger partial charge in [0.15, 0.2) is 0 Å². The number of fused-ring (bicyclic) bond motifs is 1. The van der Waals surface area contributed by atoms with Crippen LogP contribution in [-0.2, 0) is 24.8 Å². The molecule has 5 nitrogen and oxygen atoms in total. The lowest BCUT2D eigenvalue weighted by Gasteiger charge is -2.20. The minimum absolute atomic E-state index is 0.470. The molecular weight excluding hydrogens is 170 g/mol. The zero-order valence-electron chi connectivity index (χ0n) is 7.32. The van der Waals surface area contributed by atoms with Gasteiger partial charge >= 0.3 is 5.97 Å². The van der Waals surface area contributed by atoms with Crippen molar-refractivity contribution in [1.29, 1.82) is 0 Å².